The Balaban J connectivity index is 1.44. The van der Waals surface area contributed by atoms with Gasteiger partial charge in [0.2, 0.25) is 0 Å². The second-order valence-corrected chi connectivity index (χ2v) is 8.98. The van der Waals surface area contributed by atoms with Gasteiger partial charge in [0, 0.05) is 38.1 Å². The van der Waals surface area contributed by atoms with Crippen LogP contribution in [-0.4, -0.2) is 74.8 Å². The molecular weight excluding hydrogens is 415 g/mol. The molecule has 4 rings (SSSR count). The van der Waals surface area contributed by atoms with Crippen molar-refractivity contribution in [1.82, 2.24) is 15.1 Å². The van der Waals surface area contributed by atoms with Crippen molar-refractivity contribution < 1.29 is 13.9 Å². The van der Waals surface area contributed by atoms with Crippen molar-refractivity contribution in [2.24, 2.45) is 4.99 Å². The minimum Gasteiger partial charge on any atom is -0.379 e. The lowest BCUT2D eigenvalue weighted by Crippen LogP contribution is -2.52. The van der Waals surface area contributed by atoms with E-state index in [1.54, 1.807) is 23.5 Å². The number of ether oxygens (including phenoxy) is 2. The van der Waals surface area contributed by atoms with Crippen molar-refractivity contribution in [3.8, 4) is 0 Å². The lowest BCUT2D eigenvalue weighted by atomic mass is 10.1. The molecule has 8 heteroatoms. The number of aliphatic imine (C=N–C) groups is 1. The Morgan fingerprint density at radius 1 is 1.23 bits per heavy atom. The average molecular weight is 447 g/mol. The first-order valence-electron chi connectivity index (χ1n) is 10.9. The van der Waals surface area contributed by atoms with Crippen molar-refractivity contribution in [3.63, 3.8) is 0 Å². The minimum absolute atomic E-state index is 0.0506. The van der Waals surface area contributed by atoms with E-state index in [-0.39, 0.29) is 24.1 Å². The van der Waals surface area contributed by atoms with E-state index in [1.165, 1.54) is 17.0 Å². The van der Waals surface area contributed by atoms with Crippen LogP contribution in [0, 0.1) is 5.82 Å². The predicted octanol–water partition coefficient (Wildman–Crippen LogP) is 3.30. The van der Waals surface area contributed by atoms with Crippen LogP contribution < -0.4 is 5.32 Å². The van der Waals surface area contributed by atoms with Crippen molar-refractivity contribution in [3.05, 3.63) is 58.0 Å². The molecule has 1 aromatic carbocycles. The number of nitrogens with one attached hydrogen (secondary N) is 1. The zero-order valence-corrected chi connectivity index (χ0v) is 19.0. The molecule has 1 N–H and O–H groups in total. The first kappa shape index (κ1) is 22.2. The maximum atomic E-state index is 13.3. The molecule has 0 spiro atoms. The van der Waals surface area contributed by atoms with Crippen LogP contribution in [0.3, 0.4) is 0 Å². The van der Waals surface area contributed by atoms with Crippen LogP contribution in [-0.2, 0) is 9.47 Å². The second kappa shape index (κ2) is 10.5. The molecule has 0 bridgehead atoms. The quantitative estimate of drug-likeness (QED) is 0.564. The number of hydrogen-bond donors (Lipinski definition) is 1. The minimum atomic E-state index is -0.232. The summed E-state index contributed by atoms with van der Waals surface area (Å²) in [5, 5.41) is 5.74. The SMILES string of the molecule is CN=C(NCC(c1cccs1)N1CCOCC1)N1CC(C)OC(c2ccc(F)cc2)C1. The standard InChI is InChI=1S/C23H31FN4O2S/c1-17-15-28(16-21(30-17)18-5-7-19(24)8-6-18)23(25-2)26-14-20(22-4-3-13-31-22)27-9-11-29-12-10-27/h3-8,13,17,20-21H,9-12,14-16H2,1-2H3,(H,25,26). The Kier molecular flexibility index (Phi) is 7.55. The van der Waals surface area contributed by atoms with Crippen LogP contribution in [0.15, 0.2) is 46.8 Å². The number of nitrogens with zero attached hydrogens (tertiary/aromatic N) is 3. The van der Waals surface area contributed by atoms with Crippen LogP contribution in [0.1, 0.15) is 29.5 Å². The first-order chi connectivity index (χ1) is 15.1. The second-order valence-electron chi connectivity index (χ2n) is 8.00. The number of morpholine rings is 2. The van der Waals surface area contributed by atoms with Gasteiger partial charge in [0.25, 0.3) is 0 Å². The third-order valence-corrected chi connectivity index (χ3v) is 6.80. The van der Waals surface area contributed by atoms with E-state index in [0.29, 0.717) is 6.54 Å². The van der Waals surface area contributed by atoms with E-state index in [9.17, 15) is 4.39 Å². The van der Waals surface area contributed by atoms with Gasteiger partial charge in [0.1, 0.15) is 11.9 Å². The molecule has 168 valence electrons. The highest BCUT2D eigenvalue weighted by Gasteiger charge is 2.30. The van der Waals surface area contributed by atoms with Crippen LogP contribution >= 0.6 is 11.3 Å². The smallest absolute Gasteiger partial charge is 0.193 e. The Morgan fingerprint density at radius 2 is 2.00 bits per heavy atom. The van der Waals surface area contributed by atoms with Gasteiger partial charge in [-0.15, -0.1) is 11.3 Å². The van der Waals surface area contributed by atoms with Crippen molar-refractivity contribution >= 4 is 17.3 Å². The van der Waals surface area contributed by atoms with Crippen molar-refractivity contribution in [1.29, 1.82) is 0 Å². The summed E-state index contributed by atoms with van der Waals surface area (Å²) in [4.78, 5) is 10.6. The number of benzene rings is 1. The summed E-state index contributed by atoms with van der Waals surface area (Å²) in [6, 6.07) is 11.2. The fourth-order valence-corrected chi connectivity index (χ4v) is 5.15. The number of hydrogen-bond acceptors (Lipinski definition) is 5. The lowest BCUT2D eigenvalue weighted by Gasteiger charge is -2.40. The van der Waals surface area contributed by atoms with E-state index in [1.807, 2.05) is 7.05 Å². The maximum Gasteiger partial charge on any atom is 0.193 e. The number of thiophene rings is 1. The number of guanidine groups is 1. The normalized spacial score (nSPS) is 24.2. The van der Waals surface area contributed by atoms with Gasteiger partial charge in [-0.25, -0.2) is 4.39 Å². The van der Waals surface area contributed by atoms with Crippen molar-refractivity contribution in [2.45, 2.75) is 25.2 Å². The maximum absolute atomic E-state index is 13.3. The average Bonchev–Trinajstić information content (AvgIpc) is 3.32. The third kappa shape index (κ3) is 5.63. The monoisotopic (exact) mass is 446 g/mol. The van der Waals surface area contributed by atoms with Gasteiger partial charge in [0.05, 0.1) is 31.9 Å². The van der Waals surface area contributed by atoms with E-state index in [0.717, 1.165) is 50.9 Å². The molecule has 2 fully saturated rings. The Labute approximate surface area is 187 Å². The number of rotatable bonds is 5. The summed E-state index contributed by atoms with van der Waals surface area (Å²) in [6.45, 7) is 7.70. The molecule has 0 radical (unpaired) electrons. The summed E-state index contributed by atoms with van der Waals surface area (Å²) in [5.41, 5.74) is 0.984. The molecule has 31 heavy (non-hydrogen) atoms. The molecule has 2 aliphatic heterocycles. The molecule has 0 amide bonds. The molecule has 3 atom stereocenters. The molecule has 2 saturated heterocycles. The largest absolute Gasteiger partial charge is 0.379 e. The molecule has 3 unspecified atom stereocenters. The molecule has 2 aliphatic rings. The highest BCUT2D eigenvalue weighted by molar-refractivity contribution is 7.10. The Morgan fingerprint density at radius 3 is 2.68 bits per heavy atom. The lowest BCUT2D eigenvalue weighted by molar-refractivity contribution is -0.0606. The molecule has 3 heterocycles. The third-order valence-electron chi connectivity index (χ3n) is 5.82. The van der Waals surface area contributed by atoms with Gasteiger partial charge < -0.3 is 19.7 Å². The topological polar surface area (TPSA) is 49.3 Å². The van der Waals surface area contributed by atoms with E-state index in [4.69, 9.17) is 9.47 Å². The summed E-state index contributed by atoms with van der Waals surface area (Å²) in [5.74, 6) is 0.641. The highest BCUT2D eigenvalue weighted by atomic mass is 32.1. The Bertz CT molecular complexity index is 840. The van der Waals surface area contributed by atoms with Crippen LogP contribution in [0.4, 0.5) is 4.39 Å². The van der Waals surface area contributed by atoms with Gasteiger partial charge in [0.15, 0.2) is 5.96 Å². The predicted molar refractivity (Wildman–Crippen MR) is 122 cm³/mol. The fraction of sp³-hybridized carbons (Fsp3) is 0.522. The van der Waals surface area contributed by atoms with Gasteiger partial charge in [-0.05, 0) is 36.1 Å². The van der Waals surface area contributed by atoms with Gasteiger partial charge in [-0.2, -0.15) is 0 Å². The molecule has 1 aromatic heterocycles. The first-order valence-corrected chi connectivity index (χ1v) is 11.7. The fourth-order valence-electron chi connectivity index (χ4n) is 4.29. The van der Waals surface area contributed by atoms with E-state index >= 15 is 0 Å². The molecule has 6 nitrogen and oxygen atoms in total. The molecule has 0 saturated carbocycles. The van der Waals surface area contributed by atoms with Crippen LogP contribution in [0.25, 0.3) is 0 Å². The summed E-state index contributed by atoms with van der Waals surface area (Å²) >= 11 is 1.79. The summed E-state index contributed by atoms with van der Waals surface area (Å²) in [7, 11) is 1.82. The van der Waals surface area contributed by atoms with Crippen molar-refractivity contribution in [2.75, 3.05) is 53.0 Å². The van der Waals surface area contributed by atoms with Gasteiger partial charge >= 0.3 is 0 Å². The highest BCUT2D eigenvalue weighted by Crippen LogP contribution is 2.27. The number of halogens is 1. The zero-order chi connectivity index (χ0) is 21.6. The van der Waals surface area contributed by atoms with Gasteiger partial charge in [-0.3, -0.25) is 9.89 Å². The zero-order valence-electron chi connectivity index (χ0n) is 18.2. The van der Waals surface area contributed by atoms with E-state index in [2.05, 4.69) is 44.5 Å². The summed E-state index contributed by atoms with van der Waals surface area (Å²) < 4.78 is 25.0. The molecule has 2 aromatic rings. The molecule has 0 aliphatic carbocycles. The van der Waals surface area contributed by atoms with Gasteiger partial charge in [-0.1, -0.05) is 18.2 Å². The summed E-state index contributed by atoms with van der Waals surface area (Å²) in [6.07, 6.45) is -0.0649. The van der Waals surface area contributed by atoms with Crippen LogP contribution in [0.5, 0.6) is 0 Å². The van der Waals surface area contributed by atoms with Crippen LogP contribution in [0.2, 0.25) is 0 Å². The molecular formula is C23H31FN4O2S. The Hall–Kier alpha value is -2.00. The van der Waals surface area contributed by atoms with E-state index < -0.39 is 0 Å².